The van der Waals surface area contributed by atoms with E-state index in [1.54, 1.807) is 0 Å². The van der Waals surface area contributed by atoms with Crippen molar-refractivity contribution in [3.63, 3.8) is 0 Å². The van der Waals surface area contributed by atoms with E-state index in [-0.39, 0.29) is 0 Å². The summed E-state index contributed by atoms with van der Waals surface area (Å²) in [5, 5.41) is 0. The molecule has 0 aliphatic heterocycles. The molecule has 1 nitrogen and oxygen atoms in total. The lowest BCUT2D eigenvalue weighted by atomic mass is 9.66. The first-order valence-corrected chi connectivity index (χ1v) is 5.86. The Hall–Kier alpha value is -0.590. The third-order valence-corrected chi connectivity index (χ3v) is 3.99. The van der Waals surface area contributed by atoms with Crippen LogP contribution >= 0.6 is 0 Å². The molecule has 0 radical (unpaired) electrons. The van der Waals surface area contributed by atoms with Crippen LogP contribution in [0.2, 0.25) is 0 Å². The molecule has 78 valence electrons. The lowest BCUT2D eigenvalue weighted by Crippen LogP contribution is -2.35. The quantitative estimate of drug-likeness (QED) is 0.583. The van der Waals surface area contributed by atoms with Crippen molar-refractivity contribution in [3.05, 3.63) is 12.2 Å². The van der Waals surface area contributed by atoms with Gasteiger partial charge in [0.2, 0.25) is 0 Å². The Balaban J connectivity index is 2.09. The van der Waals surface area contributed by atoms with Crippen LogP contribution in [0.1, 0.15) is 39.5 Å². The Morgan fingerprint density at radius 3 is 2.71 bits per heavy atom. The van der Waals surface area contributed by atoms with Gasteiger partial charge in [0.25, 0.3) is 0 Å². The van der Waals surface area contributed by atoms with Crippen molar-refractivity contribution in [2.75, 3.05) is 0 Å². The fourth-order valence-electron chi connectivity index (χ4n) is 2.92. The van der Waals surface area contributed by atoms with Crippen LogP contribution < -0.4 is 0 Å². The summed E-state index contributed by atoms with van der Waals surface area (Å²) in [5.41, 5.74) is 0. The van der Waals surface area contributed by atoms with Gasteiger partial charge in [0.05, 0.1) is 0 Å². The lowest BCUT2D eigenvalue weighted by molar-refractivity contribution is -0.129. The Bertz CT molecular complexity index is 252. The van der Waals surface area contributed by atoms with E-state index in [4.69, 9.17) is 0 Å². The van der Waals surface area contributed by atoms with E-state index in [0.717, 1.165) is 19.3 Å². The van der Waals surface area contributed by atoms with Crippen molar-refractivity contribution in [2.24, 2.45) is 23.7 Å². The number of fused-ring (bicyclic) bond motifs is 1. The molecule has 14 heavy (non-hydrogen) atoms. The number of rotatable bonds is 1. The normalized spacial score (nSPS) is 37.4. The number of carbonyl (C=O) groups is 1. The zero-order valence-electron chi connectivity index (χ0n) is 9.20. The van der Waals surface area contributed by atoms with E-state index in [1.807, 2.05) is 0 Å². The molecule has 0 aromatic carbocycles. The number of Topliss-reactive ketones (excluding diaryl/α,β-unsaturated/α-hetero) is 1. The van der Waals surface area contributed by atoms with E-state index in [2.05, 4.69) is 26.0 Å². The summed E-state index contributed by atoms with van der Waals surface area (Å²) in [7, 11) is 0. The van der Waals surface area contributed by atoms with E-state index in [1.165, 1.54) is 6.42 Å². The summed E-state index contributed by atoms with van der Waals surface area (Å²) in [5.74, 6) is 2.88. The molecule has 0 saturated heterocycles. The van der Waals surface area contributed by atoms with Crippen LogP contribution in [0.4, 0.5) is 0 Å². The summed E-state index contributed by atoms with van der Waals surface area (Å²) in [6.07, 6.45) is 8.71. The number of hydrogen-bond donors (Lipinski definition) is 0. The van der Waals surface area contributed by atoms with E-state index < -0.39 is 0 Å². The van der Waals surface area contributed by atoms with Crippen LogP contribution in [-0.4, -0.2) is 5.78 Å². The second kappa shape index (κ2) is 3.88. The standard InChI is InChI=1S/C13H20O/c1-9(2)11-7-10-5-3-4-6-12(10)13(14)8-11/h3-4,9-12H,5-8H2,1-2H3/t10-,11-,12-/m1/s1. The largest absolute Gasteiger partial charge is 0.299 e. The van der Waals surface area contributed by atoms with Crippen LogP contribution in [0.15, 0.2) is 12.2 Å². The van der Waals surface area contributed by atoms with Crippen LogP contribution in [0.5, 0.6) is 0 Å². The van der Waals surface area contributed by atoms with Gasteiger partial charge in [-0.2, -0.15) is 0 Å². The number of hydrogen-bond acceptors (Lipinski definition) is 1. The van der Waals surface area contributed by atoms with Crippen molar-refractivity contribution in [1.29, 1.82) is 0 Å². The monoisotopic (exact) mass is 192 g/mol. The third kappa shape index (κ3) is 1.77. The smallest absolute Gasteiger partial charge is 0.136 e. The maximum Gasteiger partial charge on any atom is 0.136 e. The molecule has 0 heterocycles. The first kappa shape index (κ1) is 9.95. The molecule has 0 aromatic heterocycles. The molecule has 1 heteroatoms. The van der Waals surface area contributed by atoms with Gasteiger partial charge < -0.3 is 0 Å². The number of carbonyl (C=O) groups excluding carboxylic acids is 1. The highest BCUT2D eigenvalue weighted by Gasteiger charge is 2.37. The average molecular weight is 192 g/mol. The van der Waals surface area contributed by atoms with E-state index in [0.29, 0.717) is 29.5 Å². The van der Waals surface area contributed by atoms with Gasteiger partial charge in [0, 0.05) is 12.3 Å². The maximum absolute atomic E-state index is 11.9. The molecular formula is C13H20O. The van der Waals surface area contributed by atoms with Gasteiger partial charge in [-0.3, -0.25) is 4.79 Å². The Labute approximate surface area is 86.6 Å². The minimum Gasteiger partial charge on any atom is -0.299 e. The summed E-state index contributed by atoms with van der Waals surface area (Å²) in [4.78, 5) is 11.9. The van der Waals surface area contributed by atoms with Crippen molar-refractivity contribution in [2.45, 2.75) is 39.5 Å². The highest BCUT2D eigenvalue weighted by Crippen LogP contribution is 2.40. The lowest BCUT2D eigenvalue weighted by Gasteiger charge is -2.37. The van der Waals surface area contributed by atoms with Crippen LogP contribution in [0.25, 0.3) is 0 Å². The van der Waals surface area contributed by atoms with Gasteiger partial charge in [-0.15, -0.1) is 0 Å². The van der Waals surface area contributed by atoms with Gasteiger partial charge in [-0.25, -0.2) is 0 Å². The predicted octanol–water partition coefficient (Wildman–Crippen LogP) is 3.20. The molecule has 2 aliphatic rings. The second-order valence-corrected chi connectivity index (χ2v) is 5.22. The SMILES string of the molecule is CC(C)[C@H]1CC(=O)[C@@H]2CC=CC[C@@H]2C1. The number of ketones is 1. The van der Waals surface area contributed by atoms with Crippen molar-refractivity contribution < 1.29 is 4.79 Å². The third-order valence-electron chi connectivity index (χ3n) is 3.99. The minimum atomic E-state index is 0.370. The van der Waals surface area contributed by atoms with Gasteiger partial charge in [0.1, 0.15) is 5.78 Å². The van der Waals surface area contributed by atoms with E-state index in [9.17, 15) is 4.79 Å². The van der Waals surface area contributed by atoms with Gasteiger partial charge in [-0.1, -0.05) is 26.0 Å². The highest BCUT2D eigenvalue weighted by molar-refractivity contribution is 5.82. The minimum absolute atomic E-state index is 0.370. The van der Waals surface area contributed by atoms with Crippen molar-refractivity contribution in [3.8, 4) is 0 Å². The summed E-state index contributed by atoms with van der Waals surface area (Å²) >= 11 is 0. The molecule has 0 bridgehead atoms. The highest BCUT2D eigenvalue weighted by atomic mass is 16.1. The van der Waals surface area contributed by atoms with E-state index >= 15 is 0 Å². The first-order valence-electron chi connectivity index (χ1n) is 5.86. The molecule has 0 aromatic rings. The zero-order valence-corrected chi connectivity index (χ0v) is 9.20. The fourth-order valence-corrected chi connectivity index (χ4v) is 2.92. The summed E-state index contributed by atoms with van der Waals surface area (Å²) in [6.45, 7) is 4.49. The molecule has 2 aliphatic carbocycles. The Morgan fingerprint density at radius 2 is 2.00 bits per heavy atom. The molecule has 3 atom stereocenters. The molecule has 1 saturated carbocycles. The fraction of sp³-hybridized carbons (Fsp3) is 0.769. The predicted molar refractivity (Wildman–Crippen MR) is 57.9 cm³/mol. The Kier molecular flexibility index (Phi) is 2.76. The molecule has 0 unspecified atom stereocenters. The van der Waals surface area contributed by atoms with Crippen LogP contribution in [0.3, 0.4) is 0 Å². The van der Waals surface area contributed by atoms with Crippen molar-refractivity contribution in [1.82, 2.24) is 0 Å². The van der Waals surface area contributed by atoms with Crippen molar-refractivity contribution >= 4 is 5.78 Å². The summed E-state index contributed by atoms with van der Waals surface area (Å²) in [6, 6.07) is 0. The van der Waals surface area contributed by atoms with Crippen LogP contribution in [0, 0.1) is 23.7 Å². The van der Waals surface area contributed by atoms with Gasteiger partial charge in [0.15, 0.2) is 0 Å². The topological polar surface area (TPSA) is 17.1 Å². The van der Waals surface area contributed by atoms with Crippen LogP contribution in [-0.2, 0) is 4.79 Å². The molecule has 0 spiro atoms. The molecular weight excluding hydrogens is 172 g/mol. The first-order chi connectivity index (χ1) is 6.68. The van der Waals surface area contributed by atoms with Gasteiger partial charge >= 0.3 is 0 Å². The molecule has 2 rings (SSSR count). The Morgan fingerprint density at radius 1 is 1.29 bits per heavy atom. The molecule has 0 N–H and O–H groups in total. The maximum atomic E-state index is 11.9. The molecule has 0 amide bonds. The summed E-state index contributed by atoms with van der Waals surface area (Å²) < 4.78 is 0. The molecule has 1 fully saturated rings. The van der Waals surface area contributed by atoms with Gasteiger partial charge in [-0.05, 0) is 37.0 Å². The average Bonchev–Trinajstić information content (AvgIpc) is 2.17. The number of allylic oxidation sites excluding steroid dienone is 2. The second-order valence-electron chi connectivity index (χ2n) is 5.22. The zero-order chi connectivity index (χ0) is 10.1.